The van der Waals surface area contributed by atoms with Crippen LogP contribution in [0, 0.1) is 24.2 Å². The summed E-state index contributed by atoms with van der Waals surface area (Å²) in [4.78, 5) is 24.7. The van der Waals surface area contributed by atoms with Crippen molar-refractivity contribution in [2.45, 2.75) is 51.0 Å². The first-order valence-corrected chi connectivity index (χ1v) is 11.3. The van der Waals surface area contributed by atoms with Gasteiger partial charge >= 0.3 is 0 Å². The van der Waals surface area contributed by atoms with Crippen molar-refractivity contribution in [1.82, 2.24) is 30.1 Å². The second-order valence-corrected chi connectivity index (χ2v) is 10.1. The Labute approximate surface area is 176 Å². The standard InChI is InChI=1S/C22H29N7O/c1-16-24-26-29(25-16)22-13-17-10-18(14-22)12-21(11-17,15-22)20(30)28-8-6-27(7-9-28)19-4-2-3-5-23-19/h2-5,17-18H,6-15H2,1H3/t17-,18-,21?,22?/m0/s1. The van der Waals surface area contributed by atoms with E-state index in [2.05, 4.69) is 30.2 Å². The molecule has 8 nitrogen and oxygen atoms in total. The van der Waals surface area contributed by atoms with Crippen LogP contribution in [0.4, 0.5) is 5.82 Å². The average Bonchev–Trinajstić information content (AvgIpc) is 3.20. The van der Waals surface area contributed by atoms with Crippen molar-refractivity contribution >= 4 is 11.7 Å². The molecular formula is C22H29N7O. The van der Waals surface area contributed by atoms with Crippen LogP contribution < -0.4 is 4.90 Å². The average molecular weight is 408 g/mol. The highest BCUT2D eigenvalue weighted by Crippen LogP contribution is 2.64. The number of hydrogen-bond acceptors (Lipinski definition) is 6. The van der Waals surface area contributed by atoms with Crippen LogP contribution in [0.1, 0.15) is 44.3 Å². The summed E-state index contributed by atoms with van der Waals surface area (Å²) in [7, 11) is 0. The molecule has 4 saturated carbocycles. The second-order valence-electron chi connectivity index (χ2n) is 10.1. The van der Waals surface area contributed by atoms with E-state index in [1.807, 2.05) is 36.1 Å². The lowest BCUT2D eigenvalue weighted by Gasteiger charge is -2.61. The van der Waals surface area contributed by atoms with Crippen molar-refractivity contribution < 1.29 is 4.79 Å². The highest BCUT2D eigenvalue weighted by Gasteiger charge is 2.63. The van der Waals surface area contributed by atoms with Gasteiger partial charge in [0.25, 0.3) is 0 Å². The molecule has 1 saturated heterocycles. The number of anilines is 1. The lowest BCUT2D eigenvalue weighted by molar-refractivity contribution is -0.168. The van der Waals surface area contributed by atoms with Crippen LogP contribution in [0.3, 0.4) is 0 Å². The molecule has 30 heavy (non-hydrogen) atoms. The Morgan fingerprint density at radius 1 is 1.07 bits per heavy atom. The lowest BCUT2D eigenvalue weighted by atomic mass is 9.46. The zero-order valence-corrected chi connectivity index (χ0v) is 17.6. The van der Waals surface area contributed by atoms with Gasteiger partial charge in [0.15, 0.2) is 5.82 Å². The molecule has 0 N–H and O–H groups in total. The summed E-state index contributed by atoms with van der Waals surface area (Å²) < 4.78 is 0. The van der Waals surface area contributed by atoms with E-state index in [4.69, 9.17) is 0 Å². The normalized spacial score (nSPS) is 35.1. The predicted octanol–water partition coefficient (Wildman–Crippen LogP) is 2.02. The molecule has 4 bridgehead atoms. The van der Waals surface area contributed by atoms with Crippen LogP contribution in [0.5, 0.6) is 0 Å². The molecule has 5 fully saturated rings. The Morgan fingerprint density at radius 2 is 1.83 bits per heavy atom. The smallest absolute Gasteiger partial charge is 0.229 e. The van der Waals surface area contributed by atoms with E-state index in [1.165, 1.54) is 6.42 Å². The van der Waals surface area contributed by atoms with E-state index in [0.29, 0.717) is 17.7 Å². The van der Waals surface area contributed by atoms with E-state index >= 15 is 0 Å². The van der Waals surface area contributed by atoms with Gasteiger partial charge in [0.05, 0.1) is 11.0 Å². The maximum atomic E-state index is 13.9. The van der Waals surface area contributed by atoms with Crippen LogP contribution in [0.25, 0.3) is 0 Å². The van der Waals surface area contributed by atoms with E-state index < -0.39 is 0 Å². The van der Waals surface area contributed by atoms with Crippen molar-refractivity contribution in [1.29, 1.82) is 0 Å². The molecule has 2 aromatic rings. The van der Waals surface area contributed by atoms with E-state index in [1.54, 1.807) is 0 Å². The number of aromatic nitrogens is 5. The van der Waals surface area contributed by atoms with Crippen LogP contribution >= 0.6 is 0 Å². The quantitative estimate of drug-likeness (QED) is 0.774. The van der Waals surface area contributed by atoms with E-state index in [9.17, 15) is 4.79 Å². The van der Waals surface area contributed by atoms with E-state index in [0.717, 1.165) is 69.9 Å². The van der Waals surface area contributed by atoms with Gasteiger partial charge in [0.1, 0.15) is 5.82 Å². The largest absolute Gasteiger partial charge is 0.353 e. The number of tetrazole rings is 1. The summed E-state index contributed by atoms with van der Waals surface area (Å²) in [6.07, 6.45) is 8.25. The summed E-state index contributed by atoms with van der Waals surface area (Å²) in [5.41, 5.74) is -0.352. The molecule has 0 aromatic carbocycles. The number of nitrogens with zero attached hydrogens (tertiary/aromatic N) is 7. The maximum Gasteiger partial charge on any atom is 0.229 e. The fourth-order valence-corrected chi connectivity index (χ4v) is 7.20. The van der Waals surface area contributed by atoms with Crippen molar-refractivity contribution in [2.75, 3.05) is 31.1 Å². The first-order valence-electron chi connectivity index (χ1n) is 11.3. The molecule has 0 spiro atoms. The van der Waals surface area contributed by atoms with Gasteiger partial charge in [-0.25, -0.2) is 4.98 Å². The molecule has 158 valence electrons. The summed E-state index contributed by atoms with van der Waals surface area (Å²) in [5.74, 6) is 3.31. The molecule has 4 aliphatic carbocycles. The van der Waals surface area contributed by atoms with Gasteiger partial charge < -0.3 is 9.80 Å². The number of piperazine rings is 1. The van der Waals surface area contributed by atoms with Gasteiger partial charge in [-0.3, -0.25) is 4.79 Å². The highest BCUT2D eigenvalue weighted by molar-refractivity contribution is 5.83. The Balaban J connectivity index is 1.23. The third-order valence-electron chi connectivity index (χ3n) is 7.96. The van der Waals surface area contributed by atoms with Crippen molar-refractivity contribution in [3.05, 3.63) is 30.2 Å². The third kappa shape index (κ3) is 2.76. The number of pyridine rings is 1. The fourth-order valence-electron chi connectivity index (χ4n) is 7.20. The molecule has 8 heteroatoms. The van der Waals surface area contributed by atoms with Gasteiger partial charge in [0.2, 0.25) is 5.91 Å². The number of carbonyl (C=O) groups is 1. The second kappa shape index (κ2) is 6.49. The van der Waals surface area contributed by atoms with Gasteiger partial charge in [-0.2, -0.15) is 4.80 Å². The van der Waals surface area contributed by atoms with Crippen LogP contribution in [0.15, 0.2) is 24.4 Å². The topological polar surface area (TPSA) is 80.0 Å². The number of aryl methyl sites for hydroxylation is 1. The summed E-state index contributed by atoms with van der Waals surface area (Å²) in [6.45, 7) is 5.15. The minimum absolute atomic E-state index is 0.114. The summed E-state index contributed by atoms with van der Waals surface area (Å²) in [6, 6.07) is 6.01. The number of hydrogen-bond donors (Lipinski definition) is 0. The van der Waals surface area contributed by atoms with Gasteiger partial charge in [0, 0.05) is 32.4 Å². The molecule has 0 radical (unpaired) electrons. The minimum Gasteiger partial charge on any atom is -0.353 e. The van der Waals surface area contributed by atoms with Gasteiger partial charge in [-0.1, -0.05) is 6.07 Å². The van der Waals surface area contributed by atoms with Crippen LogP contribution in [0.2, 0.25) is 0 Å². The summed E-state index contributed by atoms with van der Waals surface area (Å²) in [5, 5.41) is 13.1. The highest BCUT2D eigenvalue weighted by atomic mass is 16.2. The molecule has 5 aliphatic rings. The molecular weight excluding hydrogens is 378 g/mol. The Morgan fingerprint density at radius 3 is 2.47 bits per heavy atom. The molecule has 1 amide bonds. The Bertz CT molecular complexity index is 935. The number of carbonyl (C=O) groups excluding carboxylic acids is 1. The maximum absolute atomic E-state index is 13.9. The van der Waals surface area contributed by atoms with Gasteiger partial charge in [-0.05, 0) is 74.6 Å². The Kier molecular flexibility index (Phi) is 3.95. The number of amides is 1. The zero-order chi connectivity index (χ0) is 20.3. The molecule has 2 atom stereocenters. The SMILES string of the molecule is Cc1nnn(C23C[C@H]4C[C@@H](CC(C(=O)N5CCN(c6ccccn6)CC5)(C4)C2)C3)n1. The summed E-state index contributed by atoms with van der Waals surface area (Å²) >= 11 is 0. The lowest BCUT2D eigenvalue weighted by Crippen LogP contribution is -2.63. The van der Waals surface area contributed by atoms with Crippen LogP contribution in [-0.4, -0.2) is 62.2 Å². The molecule has 2 aromatic heterocycles. The molecule has 0 unspecified atom stereocenters. The monoisotopic (exact) mass is 407 g/mol. The fraction of sp³-hybridized carbons (Fsp3) is 0.682. The van der Waals surface area contributed by atoms with Crippen LogP contribution in [-0.2, 0) is 10.3 Å². The molecule has 1 aliphatic heterocycles. The predicted molar refractivity (Wildman–Crippen MR) is 111 cm³/mol. The number of rotatable bonds is 3. The minimum atomic E-state index is -0.237. The van der Waals surface area contributed by atoms with Crippen molar-refractivity contribution in [3.63, 3.8) is 0 Å². The van der Waals surface area contributed by atoms with Crippen molar-refractivity contribution in [2.24, 2.45) is 17.3 Å². The Hall–Kier alpha value is -2.51. The van der Waals surface area contributed by atoms with Crippen molar-refractivity contribution in [3.8, 4) is 0 Å². The molecule has 7 rings (SSSR count). The molecule has 3 heterocycles. The first kappa shape index (κ1) is 18.3. The van der Waals surface area contributed by atoms with Gasteiger partial charge in [-0.15, -0.1) is 10.2 Å². The third-order valence-corrected chi connectivity index (χ3v) is 7.96. The van der Waals surface area contributed by atoms with E-state index in [-0.39, 0.29) is 11.0 Å². The first-order chi connectivity index (χ1) is 14.6. The zero-order valence-electron chi connectivity index (χ0n) is 17.6.